The predicted molar refractivity (Wildman–Crippen MR) is 127 cm³/mol. The van der Waals surface area contributed by atoms with Gasteiger partial charge in [0.05, 0.1) is 12.0 Å². The summed E-state index contributed by atoms with van der Waals surface area (Å²) >= 11 is 0. The largest absolute Gasteiger partial charge is 0.467 e. The molecule has 0 aromatic heterocycles. The van der Waals surface area contributed by atoms with Crippen LogP contribution in [-0.4, -0.2) is 43.9 Å². The van der Waals surface area contributed by atoms with Crippen LogP contribution in [-0.2, 0) is 30.8 Å². The van der Waals surface area contributed by atoms with Crippen molar-refractivity contribution in [1.82, 2.24) is 10.0 Å². The summed E-state index contributed by atoms with van der Waals surface area (Å²) in [5.74, 6) is -1.38. The highest BCUT2D eigenvalue weighted by Gasteiger charge is 2.54. The van der Waals surface area contributed by atoms with Crippen molar-refractivity contribution in [2.24, 2.45) is 0 Å². The minimum atomic E-state index is -4.39. The number of sulfonamides is 1. The average Bonchev–Trinajstić information content (AvgIpc) is 3.63. The first-order valence-corrected chi connectivity index (χ1v) is 12.3. The SMILES string of the molecule is COC(=O)[C@H](Cc1ccc2ccccc2c1)NC(=O)C1(NS(=O)(=O)c2ccccc2[N+](=O)[O-])CC1. The smallest absolute Gasteiger partial charge is 0.328 e. The van der Waals surface area contributed by atoms with Crippen LogP contribution in [0.3, 0.4) is 0 Å². The number of esters is 1. The molecule has 1 amide bonds. The van der Waals surface area contributed by atoms with Gasteiger partial charge in [0.15, 0.2) is 4.90 Å². The van der Waals surface area contributed by atoms with Gasteiger partial charge in [-0.3, -0.25) is 14.9 Å². The number of para-hydroxylation sites is 1. The van der Waals surface area contributed by atoms with Crippen LogP contribution in [0.25, 0.3) is 10.8 Å². The van der Waals surface area contributed by atoms with Crippen LogP contribution in [0.4, 0.5) is 5.69 Å². The lowest BCUT2D eigenvalue weighted by Gasteiger charge is -2.22. The maximum Gasteiger partial charge on any atom is 0.328 e. The van der Waals surface area contributed by atoms with E-state index >= 15 is 0 Å². The topological polar surface area (TPSA) is 145 Å². The van der Waals surface area contributed by atoms with Gasteiger partial charge in [0.1, 0.15) is 11.6 Å². The fourth-order valence-electron chi connectivity index (χ4n) is 3.88. The molecule has 0 unspecified atom stereocenters. The van der Waals surface area contributed by atoms with Crippen molar-refractivity contribution in [3.05, 3.63) is 82.4 Å². The Labute approximate surface area is 201 Å². The molecular formula is C24H23N3O7S. The summed E-state index contributed by atoms with van der Waals surface area (Å²) in [5.41, 5.74) is -1.32. The minimum absolute atomic E-state index is 0.135. The Morgan fingerprint density at radius 1 is 1.06 bits per heavy atom. The van der Waals surface area contributed by atoms with Crippen LogP contribution < -0.4 is 10.0 Å². The molecule has 3 aromatic carbocycles. The molecule has 3 aromatic rings. The monoisotopic (exact) mass is 497 g/mol. The summed E-state index contributed by atoms with van der Waals surface area (Å²) in [7, 11) is -3.19. The second-order valence-electron chi connectivity index (χ2n) is 8.35. The number of ether oxygens (including phenoxy) is 1. The fourth-order valence-corrected chi connectivity index (χ4v) is 5.48. The van der Waals surface area contributed by atoms with Gasteiger partial charge >= 0.3 is 5.97 Å². The van der Waals surface area contributed by atoms with E-state index in [1.807, 2.05) is 42.5 Å². The predicted octanol–water partition coefficient (Wildman–Crippen LogP) is 2.46. The summed E-state index contributed by atoms with van der Waals surface area (Å²) in [4.78, 5) is 35.5. The van der Waals surface area contributed by atoms with Crippen molar-refractivity contribution in [3.63, 3.8) is 0 Å². The number of carbonyl (C=O) groups excluding carboxylic acids is 2. The molecule has 0 radical (unpaired) electrons. The number of nitro groups is 1. The molecule has 182 valence electrons. The lowest BCUT2D eigenvalue weighted by molar-refractivity contribution is -0.387. The Bertz CT molecular complexity index is 1420. The molecule has 0 saturated heterocycles. The molecule has 1 atom stereocenters. The Kier molecular flexibility index (Phi) is 6.55. The van der Waals surface area contributed by atoms with Crippen LogP contribution in [0.2, 0.25) is 0 Å². The Hall–Kier alpha value is -3.83. The molecule has 1 fully saturated rings. The summed E-state index contributed by atoms with van der Waals surface area (Å²) in [6.07, 6.45) is 0.501. The Balaban J connectivity index is 1.54. The summed E-state index contributed by atoms with van der Waals surface area (Å²) in [6.45, 7) is 0. The van der Waals surface area contributed by atoms with Crippen molar-refractivity contribution >= 4 is 38.4 Å². The second-order valence-corrected chi connectivity index (χ2v) is 10.00. The number of amides is 1. The number of benzene rings is 3. The standard InChI is InChI=1S/C24H23N3O7S/c1-34-22(28)19(15-16-10-11-17-6-2-3-7-18(17)14-16)25-23(29)24(12-13-24)26-35(32,33)21-9-5-4-8-20(21)27(30)31/h2-11,14,19,26H,12-13,15H2,1H3,(H,25,29)/t19-/m0/s1. The van der Waals surface area contributed by atoms with Crippen molar-refractivity contribution in [1.29, 1.82) is 0 Å². The van der Waals surface area contributed by atoms with Gasteiger partial charge in [0.25, 0.3) is 5.69 Å². The van der Waals surface area contributed by atoms with Gasteiger partial charge in [-0.25, -0.2) is 13.2 Å². The van der Waals surface area contributed by atoms with Gasteiger partial charge in [-0.2, -0.15) is 4.72 Å². The first-order chi connectivity index (χ1) is 16.6. The van der Waals surface area contributed by atoms with Crippen molar-refractivity contribution in [3.8, 4) is 0 Å². The van der Waals surface area contributed by atoms with Gasteiger partial charge in [-0.15, -0.1) is 0 Å². The lowest BCUT2D eigenvalue weighted by Crippen LogP contribution is -2.54. The number of nitrogens with zero attached hydrogens (tertiary/aromatic N) is 1. The average molecular weight is 498 g/mol. The molecule has 35 heavy (non-hydrogen) atoms. The van der Waals surface area contributed by atoms with Crippen molar-refractivity contribution < 1.29 is 27.7 Å². The molecule has 0 spiro atoms. The van der Waals surface area contributed by atoms with Crippen molar-refractivity contribution in [2.45, 2.75) is 35.7 Å². The maximum absolute atomic E-state index is 13.1. The number of fused-ring (bicyclic) bond motifs is 1. The highest BCUT2D eigenvalue weighted by atomic mass is 32.2. The molecule has 11 heteroatoms. The van der Waals surface area contributed by atoms with Gasteiger partial charge in [0.2, 0.25) is 15.9 Å². The van der Waals surface area contributed by atoms with E-state index in [-0.39, 0.29) is 19.3 Å². The zero-order chi connectivity index (χ0) is 25.2. The van der Waals surface area contributed by atoms with Crippen LogP contribution >= 0.6 is 0 Å². The molecule has 1 saturated carbocycles. The third kappa shape index (κ3) is 5.15. The summed E-state index contributed by atoms with van der Waals surface area (Å²) in [6, 6.07) is 17.2. The molecule has 10 nitrogen and oxygen atoms in total. The number of hydrogen-bond acceptors (Lipinski definition) is 7. The summed E-state index contributed by atoms with van der Waals surface area (Å²) < 4.78 is 33.0. The lowest BCUT2D eigenvalue weighted by atomic mass is 10.0. The zero-order valence-corrected chi connectivity index (χ0v) is 19.6. The van der Waals surface area contributed by atoms with Crippen LogP contribution in [0.5, 0.6) is 0 Å². The van der Waals surface area contributed by atoms with E-state index in [0.29, 0.717) is 0 Å². The highest BCUT2D eigenvalue weighted by molar-refractivity contribution is 7.89. The molecule has 4 rings (SSSR count). The molecule has 0 bridgehead atoms. The highest BCUT2D eigenvalue weighted by Crippen LogP contribution is 2.38. The van der Waals surface area contributed by atoms with Crippen LogP contribution in [0.1, 0.15) is 18.4 Å². The number of carbonyl (C=O) groups is 2. The first-order valence-electron chi connectivity index (χ1n) is 10.8. The number of rotatable bonds is 9. The molecule has 0 aliphatic heterocycles. The first kappa shape index (κ1) is 24.3. The minimum Gasteiger partial charge on any atom is -0.467 e. The molecule has 1 aliphatic rings. The van der Waals surface area contributed by atoms with E-state index in [1.165, 1.54) is 19.2 Å². The van der Waals surface area contributed by atoms with E-state index in [9.17, 15) is 28.1 Å². The maximum atomic E-state index is 13.1. The van der Waals surface area contributed by atoms with Gasteiger partial charge in [-0.1, -0.05) is 54.6 Å². The third-order valence-corrected chi connectivity index (χ3v) is 7.49. The number of methoxy groups -OCH3 is 1. The zero-order valence-electron chi connectivity index (χ0n) is 18.8. The van der Waals surface area contributed by atoms with Gasteiger partial charge in [-0.05, 0) is 35.2 Å². The Morgan fingerprint density at radius 3 is 2.37 bits per heavy atom. The number of nitrogens with one attached hydrogen (secondary N) is 2. The number of hydrogen-bond donors (Lipinski definition) is 2. The molecule has 2 N–H and O–H groups in total. The van der Waals surface area contributed by atoms with E-state index in [2.05, 4.69) is 10.0 Å². The van der Waals surface area contributed by atoms with Crippen LogP contribution in [0, 0.1) is 10.1 Å². The molecule has 1 aliphatic carbocycles. The fraction of sp³-hybridized carbons (Fsp3) is 0.250. The van der Waals surface area contributed by atoms with E-state index < -0.39 is 49.0 Å². The molecule has 0 heterocycles. The Morgan fingerprint density at radius 2 is 1.71 bits per heavy atom. The quantitative estimate of drug-likeness (QED) is 0.262. The number of nitro benzene ring substituents is 1. The molecular weight excluding hydrogens is 474 g/mol. The van der Waals surface area contributed by atoms with Gasteiger partial charge in [0, 0.05) is 12.5 Å². The van der Waals surface area contributed by atoms with E-state index in [0.717, 1.165) is 28.5 Å². The summed E-state index contributed by atoms with van der Waals surface area (Å²) in [5, 5.41) is 15.9. The van der Waals surface area contributed by atoms with E-state index in [4.69, 9.17) is 4.74 Å². The van der Waals surface area contributed by atoms with Crippen LogP contribution in [0.15, 0.2) is 71.6 Å². The van der Waals surface area contributed by atoms with Gasteiger partial charge < -0.3 is 10.1 Å². The normalized spacial score (nSPS) is 15.2. The third-order valence-electron chi connectivity index (χ3n) is 5.91. The van der Waals surface area contributed by atoms with E-state index in [1.54, 1.807) is 0 Å². The van der Waals surface area contributed by atoms with Crippen molar-refractivity contribution in [2.75, 3.05) is 7.11 Å². The second kappa shape index (κ2) is 9.43.